The Morgan fingerprint density at radius 3 is 2.78 bits per heavy atom. The van der Waals surface area contributed by atoms with Gasteiger partial charge < -0.3 is 15.5 Å². The number of carbonyl (C=O) groups excluding carboxylic acids is 3. The van der Waals surface area contributed by atoms with Crippen LogP contribution in [-0.2, 0) is 27.3 Å². The summed E-state index contributed by atoms with van der Waals surface area (Å²) in [4.78, 5) is 38.6. The third kappa shape index (κ3) is 4.91. The molecule has 0 fully saturated rings. The predicted molar refractivity (Wildman–Crippen MR) is 102 cm³/mol. The smallest absolute Gasteiger partial charge is 0.224 e. The molecule has 0 unspecified atom stereocenters. The lowest BCUT2D eigenvalue weighted by Crippen LogP contribution is -2.35. The molecule has 3 rings (SSSR count). The maximum atomic E-state index is 13.9. The molecule has 3 amide bonds. The number of hydrogen-bond acceptors (Lipinski definition) is 4. The Labute approximate surface area is 160 Å². The monoisotopic (exact) mass is 389 g/mol. The highest BCUT2D eigenvalue weighted by Crippen LogP contribution is 2.24. The third-order valence-corrected chi connectivity index (χ3v) is 5.31. The van der Waals surface area contributed by atoms with Crippen LogP contribution in [0.4, 0.5) is 15.8 Å². The van der Waals surface area contributed by atoms with Crippen molar-refractivity contribution in [1.29, 1.82) is 0 Å². The number of carbonyl (C=O) groups is 3. The SMILES string of the molecule is CC(=O)Nc1ccc(F)c(NC(=O)CCC(=O)N2CCc3sccc3C2)c1. The van der Waals surface area contributed by atoms with Crippen molar-refractivity contribution in [1.82, 2.24) is 4.90 Å². The quantitative estimate of drug-likeness (QED) is 0.825. The Morgan fingerprint density at radius 2 is 2.00 bits per heavy atom. The molecule has 1 aromatic heterocycles. The fourth-order valence-corrected chi connectivity index (χ4v) is 3.84. The number of thiophene rings is 1. The normalized spacial score (nSPS) is 13.0. The molecule has 0 saturated carbocycles. The van der Waals surface area contributed by atoms with Gasteiger partial charge in [-0.1, -0.05) is 0 Å². The molecule has 142 valence electrons. The zero-order valence-electron chi connectivity index (χ0n) is 14.9. The molecule has 2 heterocycles. The summed E-state index contributed by atoms with van der Waals surface area (Å²) < 4.78 is 13.9. The van der Waals surface area contributed by atoms with E-state index in [0.29, 0.717) is 18.8 Å². The molecule has 0 aliphatic carbocycles. The number of hydrogen-bond donors (Lipinski definition) is 2. The second-order valence-corrected chi connectivity index (χ2v) is 7.36. The van der Waals surface area contributed by atoms with Gasteiger partial charge in [-0.15, -0.1) is 11.3 Å². The number of rotatable bonds is 5. The maximum Gasteiger partial charge on any atom is 0.224 e. The topological polar surface area (TPSA) is 78.5 Å². The van der Waals surface area contributed by atoms with Crippen LogP contribution in [0, 0.1) is 5.82 Å². The molecule has 27 heavy (non-hydrogen) atoms. The number of amides is 3. The number of fused-ring (bicyclic) bond motifs is 1. The van der Waals surface area contributed by atoms with Crippen molar-refractivity contribution < 1.29 is 18.8 Å². The van der Waals surface area contributed by atoms with E-state index in [9.17, 15) is 18.8 Å². The minimum absolute atomic E-state index is 0.0282. The van der Waals surface area contributed by atoms with E-state index >= 15 is 0 Å². The summed E-state index contributed by atoms with van der Waals surface area (Å²) in [6, 6.07) is 5.94. The van der Waals surface area contributed by atoms with Crippen LogP contribution in [0.3, 0.4) is 0 Å². The van der Waals surface area contributed by atoms with Crippen LogP contribution in [0.2, 0.25) is 0 Å². The molecule has 1 aromatic carbocycles. The molecule has 0 bridgehead atoms. The first-order chi connectivity index (χ1) is 12.9. The van der Waals surface area contributed by atoms with Crippen LogP contribution in [0.15, 0.2) is 29.6 Å². The lowest BCUT2D eigenvalue weighted by molar-refractivity contribution is -0.133. The van der Waals surface area contributed by atoms with Crippen LogP contribution < -0.4 is 10.6 Å². The van der Waals surface area contributed by atoms with Crippen molar-refractivity contribution in [2.75, 3.05) is 17.2 Å². The van der Waals surface area contributed by atoms with Gasteiger partial charge in [0.25, 0.3) is 0 Å². The minimum Gasteiger partial charge on any atom is -0.338 e. The van der Waals surface area contributed by atoms with Gasteiger partial charge in [-0.05, 0) is 41.6 Å². The summed E-state index contributed by atoms with van der Waals surface area (Å²) in [7, 11) is 0. The standard InChI is InChI=1S/C19H20FN3O3S/c1-12(24)21-14-2-3-15(20)16(10-14)22-18(25)4-5-19(26)23-8-6-17-13(11-23)7-9-27-17/h2-3,7,9-10H,4-6,8,11H2,1H3,(H,21,24)(H,22,25). The van der Waals surface area contributed by atoms with E-state index in [1.54, 1.807) is 16.2 Å². The first kappa shape index (κ1) is 19.0. The molecular weight excluding hydrogens is 369 g/mol. The third-order valence-electron chi connectivity index (χ3n) is 4.29. The molecular formula is C19H20FN3O3S. The van der Waals surface area contributed by atoms with Gasteiger partial charge in [-0.3, -0.25) is 14.4 Å². The highest BCUT2D eigenvalue weighted by Gasteiger charge is 2.22. The van der Waals surface area contributed by atoms with Crippen molar-refractivity contribution in [3.63, 3.8) is 0 Å². The molecule has 0 radical (unpaired) electrons. The molecule has 8 heteroatoms. The average molecular weight is 389 g/mol. The first-order valence-electron chi connectivity index (χ1n) is 8.62. The van der Waals surface area contributed by atoms with Crippen LogP contribution >= 0.6 is 11.3 Å². The van der Waals surface area contributed by atoms with E-state index in [1.165, 1.54) is 29.5 Å². The van der Waals surface area contributed by atoms with Gasteiger partial charge in [0.15, 0.2) is 0 Å². The molecule has 1 aliphatic heterocycles. The highest BCUT2D eigenvalue weighted by atomic mass is 32.1. The van der Waals surface area contributed by atoms with Gasteiger partial charge in [0, 0.05) is 43.4 Å². The second kappa shape index (κ2) is 8.30. The average Bonchev–Trinajstić information content (AvgIpc) is 3.09. The second-order valence-electron chi connectivity index (χ2n) is 6.36. The fraction of sp³-hybridized carbons (Fsp3) is 0.316. The van der Waals surface area contributed by atoms with Crippen molar-refractivity contribution in [3.8, 4) is 0 Å². The Hall–Kier alpha value is -2.74. The van der Waals surface area contributed by atoms with E-state index < -0.39 is 11.7 Å². The van der Waals surface area contributed by atoms with E-state index in [4.69, 9.17) is 0 Å². The van der Waals surface area contributed by atoms with Crippen LogP contribution in [0.1, 0.15) is 30.2 Å². The van der Waals surface area contributed by atoms with Gasteiger partial charge in [0.05, 0.1) is 5.69 Å². The lowest BCUT2D eigenvalue weighted by Gasteiger charge is -2.27. The Bertz CT molecular complexity index is 881. The van der Waals surface area contributed by atoms with Crippen LogP contribution in [-0.4, -0.2) is 29.2 Å². The van der Waals surface area contributed by atoms with Gasteiger partial charge >= 0.3 is 0 Å². The number of nitrogens with zero attached hydrogens (tertiary/aromatic N) is 1. The summed E-state index contributed by atoms with van der Waals surface area (Å²) in [5, 5.41) is 7.01. The van der Waals surface area contributed by atoms with E-state index in [2.05, 4.69) is 10.6 Å². The first-order valence-corrected chi connectivity index (χ1v) is 9.50. The van der Waals surface area contributed by atoms with E-state index in [1.807, 2.05) is 11.4 Å². The summed E-state index contributed by atoms with van der Waals surface area (Å²) in [5.74, 6) is -1.44. The Kier molecular flexibility index (Phi) is 5.85. The van der Waals surface area contributed by atoms with Gasteiger partial charge in [0.1, 0.15) is 5.82 Å². The minimum atomic E-state index is -0.607. The van der Waals surface area contributed by atoms with Crippen molar-refractivity contribution >= 4 is 40.4 Å². The molecule has 2 aromatic rings. The summed E-state index contributed by atoms with van der Waals surface area (Å²) in [6.07, 6.45) is 0.875. The van der Waals surface area contributed by atoms with E-state index in [0.717, 1.165) is 12.5 Å². The van der Waals surface area contributed by atoms with Crippen molar-refractivity contribution in [2.24, 2.45) is 0 Å². The highest BCUT2D eigenvalue weighted by molar-refractivity contribution is 7.10. The van der Waals surface area contributed by atoms with Gasteiger partial charge in [0.2, 0.25) is 17.7 Å². The number of benzene rings is 1. The molecule has 2 N–H and O–H groups in total. The zero-order chi connectivity index (χ0) is 19.4. The number of nitrogens with one attached hydrogen (secondary N) is 2. The predicted octanol–water partition coefficient (Wildman–Crippen LogP) is 3.15. The molecule has 0 atom stereocenters. The largest absolute Gasteiger partial charge is 0.338 e. The summed E-state index contributed by atoms with van der Waals surface area (Å²) in [5.41, 5.74) is 1.52. The Morgan fingerprint density at radius 1 is 1.19 bits per heavy atom. The number of halogens is 1. The number of anilines is 2. The van der Waals surface area contributed by atoms with Crippen LogP contribution in [0.5, 0.6) is 0 Å². The van der Waals surface area contributed by atoms with Gasteiger partial charge in [-0.25, -0.2) is 4.39 Å². The molecule has 0 saturated heterocycles. The summed E-state index contributed by atoms with van der Waals surface area (Å²) in [6.45, 7) is 2.57. The maximum absolute atomic E-state index is 13.9. The van der Waals surface area contributed by atoms with Crippen molar-refractivity contribution in [3.05, 3.63) is 45.9 Å². The molecule has 0 spiro atoms. The van der Waals surface area contributed by atoms with E-state index in [-0.39, 0.29) is 30.3 Å². The lowest BCUT2D eigenvalue weighted by atomic mass is 10.1. The van der Waals surface area contributed by atoms with Gasteiger partial charge in [-0.2, -0.15) is 0 Å². The Balaban J connectivity index is 1.52. The fourth-order valence-electron chi connectivity index (χ4n) is 2.95. The molecule has 1 aliphatic rings. The zero-order valence-corrected chi connectivity index (χ0v) is 15.7. The van der Waals surface area contributed by atoms with Crippen molar-refractivity contribution in [2.45, 2.75) is 32.7 Å². The molecule has 6 nitrogen and oxygen atoms in total. The summed E-state index contributed by atoms with van der Waals surface area (Å²) >= 11 is 1.70. The van der Waals surface area contributed by atoms with Crippen LogP contribution in [0.25, 0.3) is 0 Å².